The van der Waals surface area contributed by atoms with Gasteiger partial charge in [-0.05, 0) is 36.5 Å². The minimum absolute atomic E-state index is 0.447. The van der Waals surface area contributed by atoms with Crippen LogP contribution in [0.2, 0.25) is 0 Å². The fourth-order valence-electron chi connectivity index (χ4n) is 2.75. The van der Waals surface area contributed by atoms with Crippen LogP contribution in [0.4, 0.5) is 0 Å². The zero-order chi connectivity index (χ0) is 8.72. The second-order valence-electron chi connectivity index (χ2n) is 4.25. The normalized spacial score (nSPS) is 57.0. The summed E-state index contributed by atoms with van der Waals surface area (Å²) in [5.41, 5.74) is 0. The lowest BCUT2D eigenvalue weighted by Gasteiger charge is -2.01. The molecule has 3 aliphatic rings. The summed E-state index contributed by atoms with van der Waals surface area (Å²) in [6.07, 6.45) is 2.05. The van der Waals surface area contributed by atoms with E-state index in [0.29, 0.717) is 23.7 Å². The van der Waals surface area contributed by atoms with Gasteiger partial charge in [-0.3, -0.25) is 0 Å². The molecule has 0 N–H and O–H groups in total. The molecule has 0 nitrogen and oxygen atoms in total. The van der Waals surface area contributed by atoms with Gasteiger partial charge in [0, 0.05) is 0 Å². The summed E-state index contributed by atoms with van der Waals surface area (Å²) in [6, 6.07) is 0. The van der Waals surface area contributed by atoms with E-state index in [-0.39, 0.29) is 0 Å². The average molecular weight is 246 g/mol. The van der Waals surface area contributed by atoms with Gasteiger partial charge in [0.1, 0.15) is 8.67 Å². The van der Waals surface area contributed by atoms with Crippen LogP contribution in [-0.4, -0.2) is 8.67 Å². The molecule has 0 bridgehead atoms. The van der Waals surface area contributed by atoms with Crippen molar-refractivity contribution in [3.8, 4) is 0 Å². The molecule has 0 aromatic rings. The van der Waals surface area contributed by atoms with E-state index >= 15 is 0 Å². The molecule has 0 amide bonds. The third-order valence-electron chi connectivity index (χ3n) is 3.75. The van der Waals surface area contributed by atoms with Crippen LogP contribution in [0.1, 0.15) is 12.8 Å². The van der Waals surface area contributed by atoms with Gasteiger partial charge in [0.05, 0.1) is 0 Å². The first-order chi connectivity index (χ1) is 5.45. The molecule has 3 rings (SSSR count). The highest BCUT2D eigenvalue weighted by Gasteiger charge is 2.76. The van der Waals surface area contributed by atoms with E-state index in [0.717, 1.165) is 12.8 Å². The van der Waals surface area contributed by atoms with Gasteiger partial charge in [0.15, 0.2) is 0 Å². The largest absolute Gasteiger partial charge is 0.124 e. The zero-order valence-electron chi connectivity index (χ0n) is 6.24. The molecule has 0 aromatic heterocycles. The summed E-state index contributed by atoms with van der Waals surface area (Å²) in [5.74, 6) is 1.84. The molecule has 0 heterocycles. The second-order valence-corrected chi connectivity index (χ2v) is 7.14. The van der Waals surface area contributed by atoms with E-state index in [4.69, 9.17) is 46.4 Å². The van der Waals surface area contributed by atoms with Gasteiger partial charge >= 0.3 is 0 Å². The molecule has 3 saturated carbocycles. The highest BCUT2D eigenvalue weighted by molar-refractivity contribution is 6.52. The van der Waals surface area contributed by atoms with Crippen LogP contribution in [0.15, 0.2) is 0 Å². The quantitative estimate of drug-likeness (QED) is 0.572. The Kier molecular flexibility index (Phi) is 1.45. The number of rotatable bonds is 0. The molecule has 68 valence electrons. The van der Waals surface area contributed by atoms with E-state index in [1.807, 2.05) is 0 Å². The van der Waals surface area contributed by atoms with Crippen molar-refractivity contribution in [1.82, 2.24) is 0 Å². The standard InChI is InChI=1S/C8H8Cl4/c9-7(10)3-1-4-6(2-5(3)7)8(4,11)12/h3-6H,1-2H2. The van der Waals surface area contributed by atoms with Gasteiger partial charge in [0.25, 0.3) is 0 Å². The van der Waals surface area contributed by atoms with Crippen molar-refractivity contribution in [2.24, 2.45) is 23.7 Å². The SMILES string of the molecule is ClC1(Cl)C2CC3C(CC21)C3(Cl)Cl. The van der Waals surface area contributed by atoms with Crippen molar-refractivity contribution in [3.63, 3.8) is 0 Å². The van der Waals surface area contributed by atoms with Crippen LogP contribution in [-0.2, 0) is 0 Å². The molecule has 0 saturated heterocycles. The lowest BCUT2D eigenvalue weighted by atomic mass is 10.0. The molecule has 0 radical (unpaired) electrons. The maximum atomic E-state index is 6.07. The monoisotopic (exact) mass is 244 g/mol. The maximum Gasteiger partial charge on any atom is 0.124 e. The van der Waals surface area contributed by atoms with E-state index in [2.05, 4.69) is 0 Å². The maximum absolute atomic E-state index is 6.07. The summed E-state index contributed by atoms with van der Waals surface area (Å²) in [4.78, 5) is 0. The molecule has 0 aliphatic heterocycles. The van der Waals surface area contributed by atoms with Crippen molar-refractivity contribution in [2.75, 3.05) is 0 Å². The highest BCUT2D eigenvalue weighted by Crippen LogP contribution is 2.77. The zero-order valence-corrected chi connectivity index (χ0v) is 9.26. The lowest BCUT2D eigenvalue weighted by Crippen LogP contribution is -1.96. The Hall–Kier alpha value is 1.16. The van der Waals surface area contributed by atoms with E-state index in [1.54, 1.807) is 0 Å². The summed E-state index contributed by atoms with van der Waals surface area (Å²) in [7, 11) is 0. The van der Waals surface area contributed by atoms with Crippen LogP contribution in [0.25, 0.3) is 0 Å². The van der Waals surface area contributed by atoms with Crippen molar-refractivity contribution >= 4 is 46.4 Å². The van der Waals surface area contributed by atoms with Crippen LogP contribution >= 0.6 is 46.4 Å². The smallest absolute Gasteiger partial charge is 0.101 e. The first-order valence-corrected chi connectivity index (χ1v) is 5.72. The third kappa shape index (κ3) is 0.834. The fraction of sp³-hybridized carbons (Fsp3) is 1.00. The second kappa shape index (κ2) is 2.05. The topological polar surface area (TPSA) is 0 Å². The summed E-state index contributed by atoms with van der Waals surface area (Å²) in [6.45, 7) is 0. The van der Waals surface area contributed by atoms with Crippen molar-refractivity contribution in [3.05, 3.63) is 0 Å². The Morgan fingerprint density at radius 2 is 0.917 bits per heavy atom. The van der Waals surface area contributed by atoms with Gasteiger partial charge in [-0.1, -0.05) is 0 Å². The molecular formula is C8H8Cl4. The van der Waals surface area contributed by atoms with E-state index < -0.39 is 8.67 Å². The number of hydrogen-bond acceptors (Lipinski definition) is 0. The highest BCUT2D eigenvalue weighted by atomic mass is 35.5. The first kappa shape index (κ1) is 8.47. The van der Waals surface area contributed by atoms with E-state index in [9.17, 15) is 0 Å². The van der Waals surface area contributed by atoms with Crippen LogP contribution < -0.4 is 0 Å². The number of fused-ring (bicyclic) bond motifs is 2. The summed E-state index contributed by atoms with van der Waals surface area (Å²) in [5, 5.41) is 0. The van der Waals surface area contributed by atoms with Crippen molar-refractivity contribution in [1.29, 1.82) is 0 Å². The van der Waals surface area contributed by atoms with Crippen LogP contribution in [0, 0.1) is 23.7 Å². The van der Waals surface area contributed by atoms with Gasteiger partial charge in [-0.25, -0.2) is 0 Å². The van der Waals surface area contributed by atoms with Gasteiger partial charge in [0.2, 0.25) is 0 Å². The third-order valence-corrected chi connectivity index (χ3v) is 5.99. The molecule has 4 atom stereocenters. The fourth-order valence-corrected chi connectivity index (χ4v) is 4.43. The average Bonchev–Trinajstić information content (AvgIpc) is 2.72. The van der Waals surface area contributed by atoms with Crippen LogP contribution in [0.5, 0.6) is 0 Å². The molecule has 3 fully saturated rings. The molecular weight excluding hydrogens is 238 g/mol. The van der Waals surface area contributed by atoms with Crippen molar-refractivity contribution < 1.29 is 0 Å². The summed E-state index contributed by atoms with van der Waals surface area (Å²) >= 11 is 24.3. The minimum Gasteiger partial charge on any atom is -0.101 e. The molecule has 4 heteroatoms. The Morgan fingerprint density at radius 3 is 1.17 bits per heavy atom. The van der Waals surface area contributed by atoms with Gasteiger partial charge in [-0.15, -0.1) is 46.4 Å². The Labute approximate surface area is 91.5 Å². The predicted octanol–water partition coefficient (Wildman–Crippen LogP) is 3.62. The first-order valence-electron chi connectivity index (χ1n) is 4.21. The van der Waals surface area contributed by atoms with Crippen LogP contribution in [0.3, 0.4) is 0 Å². The Bertz CT molecular complexity index is 201. The van der Waals surface area contributed by atoms with Crippen molar-refractivity contribution in [2.45, 2.75) is 21.5 Å². The lowest BCUT2D eigenvalue weighted by molar-refractivity contribution is 0.457. The van der Waals surface area contributed by atoms with E-state index in [1.165, 1.54) is 0 Å². The molecule has 3 aliphatic carbocycles. The number of hydrogen-bond donors (Lipinski definition) is 0. The van der Waals surface area contributed by atoms with Gasteiger partial charge < -0.3 is 0 Å². The molecule has 4 unspecified atom stereocenters. The molecule has 12 heavy (non-hydrogen) atoms. The number of alkyl halides is 4. The summed E-state index contributed by atoms with van der Waals surface area (Å²) < 4.78 is -0.894. The predicted molar refractivity (Wildman–Crippen MR) is 52.1 cm³/mol. The minimum atomic E-state index is -0.447. The number of halogens is 4. The Morgan fingerprint density at radius 1 is 0.667 bits per heavy atom. The van der Waals surface area contributed by atoms with Gasteiger partial charge in [-0.2, -0.15) is 0 Å². The molecule has 0 spiro atoms. The Balaban J connectivity index is 1.80. The molecule has 0 aromatic carbocycles.